The number of rotatable bonds is 3. The molecule has 0 aliphatic rings. The van der Waals surface area contributed by atoms with Crippen LogP contribution >= 0.6 is 11.6 Å². The lowest BCUT2D eigenvalue weighted by atomic mass is 10.5. The summed E-state index contributed by atoms with van der Waals surface area (Å²) < 4.78 is 5.29. The molecule has 0 aliphatic heterocycles. The summed E-state index contributed by atoms with van der Waals surface area (Å²) >= 11 is 5.43. The standard InChI is InChI=1S/C7H14ClNOSi/c1-7(2)9-10-11(3,4)6-5-8/h5-6H,1-4H3/b6-5+. The molecule has 0 N–H and O–H groups in total. The summed E-state index contributed by atoms with van der Waals surface area (Å²) in [6, 6.07) is 0. The number of oxime groups is 1. The lowest BCUT2D eigenvalue weighted by Crippen LogP contribution is -2.25. The van der Waals surface area contributed by atoms with E-state index in [1.807, 2.05) is 32.6 Å². The van der Waals surface area contributed by atoms with Gasteiger partial charge in [-0.2, -0.15) is 0 Å². The highest BCUT2D eigenvalue weighted by molar-refractivity contribution is 6.76. The predicted molar refractivity (Wildman–Crippen MR) is 52.3 cm³/mol. The van der Waals surface area contributed by atoms with Crippen molar-refractivity contribution in [1.82, 2.24) is 0 Å². The third-order valence-electron chi connectivity index (χ3n) is 0.928. The molecule has 0 aliphatic carbocycles. The second kappa shape index (κ2) is 4.57. The van der Waals surface area contributed by atoms with Gasteiger partial charge in [-0.15, -0.1) is 5.16 Å². The van der Waals surface area contributed by atoms with Crippen molar-refractivity contribution < 1.29 is 4.53 Å². The molecule has 0 saturated carbocycles. The van der Waals surface area contributed by atoms with Gasteiger partial charge >= 0.3 is 8.32 Å². The Hall–Kier alpha value is -0.283. The first-order valence-electron chi connectivity index (χ1n) is 3.45. The predicted octanol–water partition coefficient (Wildman–Crippen LogP) is 2.90. The first-order chi connectivity index (χ1) is 4.98. The van der Waals surface area contributed by atoms with Crippen LogP contribution < -0.4 is 0 Å². The number of halogens is 1. The number of hydrogen-bond acceptors (Lipinski definition) is 2. The second-order valence-electron chi connectivity index (χ2n) is 3.03. The molecule has 0 bridgehead atoms. The molecule has 0 unspecified atom stereocenters. The van der Waals surface area contributed by atoms with E-state index in [0.717, 1.165) is 5.71 Å². The van der Waals surface area contributed by atoms with Crippen molar-refractivity contribution >= 4 is 25.6 Å². The summed E-state index contributed by atoms with van der Waals surface area (Å²) in [6.45, 7) is 7.85. The summed E-state index contributed by atoms with van der Waals surface area (Å²) in [6.07, 6.45) is 0. The normalized spacial score (nSPS) is 11.7. The Labute approximate surface area is 74.0 Å². The molecule has 0 aromatic carbocycles. The van der Waals surface area contributed by atoms with E-state index < -0.39 is 8.32 Å². The average molecular weight is 192 g/mol. The lowest BCUT2D eigenvalue weighted by molar-refractivity contribution is 0.338. The quantitative estimate of drug-likeness (QED) is 0.382. The first-order valence-corrected chi connectivity index (χ1v) is 6.87. The molecule has 0 amide bonds. The van der Waals surface area contributed by atoms with Crippen molar-refractivity contribution in [3.8, 4) is 0 Å². The molecule has 0 heterocycles. The van der Waals surface area contributed by atoms with E-state index in [0.29, 0.717) is 0 Å². The first kappa shape index (κ1) is 10.7. The molecule has 2 nitrogen and oxygen atoms in total. The highest BCUT2D eigenvalue weighted by Gasteiger charge is 2.20. The molecular weight excluding hydrogens is 178 g/mol. The molecule has 0 radical (unpaired) electrons. The minimum Gasteiger partial charge on any atom is -0.450 e. The van der Waals surface area contributed by atoms with E-state index in [1.54, 1.807) is 0 Å². The third-order valence-corrected chi connectivity index (χ3v) is 2.80. The maximum Gasteiger partial charge on any atom is 0.306 e. The summed E-state index contributed by atoms with van der Waals surface area (Å²) in [5, 5.41) is 3.88. The molecule has 0 atom stereocenters. The van der Waals surface area contributed by atoms with Crippen LogP contribution in [0.3, 0.4) is 0 Å². The largest absolute Gasteiger partial charge is 0.450 e. The Kier molecular flexibility index (Phi) is 4.45. The summed E-state index contributed by atoms with van der Waals surface area (Å²) in [4.78, 5) is 0. The fraction of sp³-hybridized carbons (Fsp3) is 0.571. The van der Waals surface area contributed by atoms with Gasteiger partial charge in [0, 0.05) is 5.71 Å². The molecular formula is C7H14ClNOSi. The van der Waals surface area contributed by atoms with E-state index in [2.05, 4.69) is 5.16 Å². The summed E-state index contributed by atoms with van der Waals surface area (Å²) in [5.74, 6) is 0. The molecule has 4 heteroatoms. The fourth-order valence-corrected chi connectivity index (χ4v) is 2.08. The molecule has 0 rings (SSSR count). The highest BCUT2D eigenvalue weighted by Crippen LogP contribution is 2.07. The van der Waals surface area contributed by atoms with Gasteiger partial charge in [-0.1, -0.05) is 11.6 Å². The van der Waals surface area contributed by atoms with E-state index >= 15 is 0 Å². The van der Waals surface area contributed by atoms with Crippen LogP contribution in [-0.2, 0) is 4.53 Å². The topological polar surface area (TPSA) is 21.6 Å². The van der Waals surface area contributed by atoms with Crippen LogP contribution in [0.4, 0.5) is 0 Å². The van der Waals surface area contributed by atoms with Crippen molar-refractivity contribution in [1.29, 1.82) is 0 Å². The molecule has 0 saturated heterocycles. The van der Waals surface area contributed by atoms with Gasteiger partial charge in [0.05, 0.1) is 0 Å². The Morgan fingerprint density at radius 1 is 1.45 bits per heavy atom. The molecule has 0 aromatic heterocycles. The van der Waals surface area contributed by atoms with Gasteiger partial charge < -0.3 is 4.53 Å². The Balaban J connectivity index is 4.02. The number of hydrogen-bond donors (Lipinski definition) is 0. The van der Waals surface area contributed by atoms with E-state index in [-0.39, 0.29) is 0 Å². The van der Waals surface area contributed by atoms with E-state index in [9.17, 15) is 0 Å². The zero-order valence-corrected chi connectivity index (χ0v) is 9.14. The van der Waals surface area contributed by atoms with Crippen LogP contribution in [0, 0.1) is 0 Å². The molecule has 64 valence electrons. The van der Waals surface area contributed by atoms with Gasteiger partial charge in [-0.05, 0) is 38.2 Å². The van der Waals surface area contributed by atoms with Crippen molar-refractivity contribution in [2.75, 3.05) is 0 Å². The van der Waals surface area contributed by atoms with Crippen LogP contribution in [0.5, 0.6) is 0 Å². The van der Waals surface area contributed by atoms with Crippen molar-refractivity contribution in [2.45, 2.75) is 26.9 Å². The monoisotopic (exact) mass is 191 g/mol. The van der Waals surface area contributed by atoms with Crippen LogP contribution in [-0.4, -0.2) is 14.0 Å². The molecule has 11 heavy (non-hydrogen) atoms. The molecule has 0 spiro atoms. The van der Waals surface area contributed by atoms with Crippen LogP contribution in [0.25, 0.3) is 0 Å². The average Bonchev–Trinajstić information content (AvgIpc) is 1.84. The summed E-state index contributed by atoms with van der Waals surface area (Å²) in [7, 11) is -1.77. The highest BCUT2D eigenvalue weighted by atomic mass is 35.5. The van der Waals surface area contributed by atoms with Crippen LogP contribution in [0.2, 0.25) is 13.1 Å². The second-order valence-corrected chi connectivity index (χ2v) is 7.00. The van der Waals surface area contributed by atoms with Crippen molar-refractivity contribution in [3.63, 3.8) is 0 Å². The maximum atomic E-state index is 5.43. The van der Waals surface area contributed by atoms with E-state index in [4.69, 9.17) is 16.1 Å². The minimum absolute atomic E-state index is 0.925. The fourth-order valence-electron chi connectivity index (χ4n) is 0.391. The molecule has 0 fully saturated rings. The summed E-state index contributed by atoms with van der Waals surface area (Å²) in [5.41, 5.74) is 4.29. The van der Waals surface area contributed by atoms with Crippen LogP contribution in [0.1, 0.15) is 13.8 Å². The van der Waals surface area contributed by atoms with Gasteiger partial charge in [0.2, 0.25) is 0 Å². The lowest BCUT2D eigenvalue weighted by Gasteiger charge is -2.14. The SMILES string of the molecule is CC(C)=NO[Si](C)(C)/C=C/Cl. The van der Waals surface area contributed by atoms with Gasteiger partial charge in [-0.3, -0.25) is 0 Å². The Bertz CT molecular complexity index is 173. The Morgan fingerprint density at radius 3 is 2.36 bits per heavy atom. The third kappa shape index (κ3) is 6.13. The number of nitrogens with zero attached hydrogens (tertiary/aromatic N) is 1. The van der Waals surface area contributed by atoms with Gasteiger partial charge in [0.1, 0.15) is 0 Å². The van der Waals surface area contributed by atoms with Crippen molar-refractivity contribution in [3.05, 3.63) is 11.2 Å². The smallest absolute Gasteiger partial charge is 0.306 e. The van der Waals surface area contributed by atoms with Gasteiger partial charge in [-0.25, -0.2) is 0 Å². The molecule has 0 aromatic rings. The minimum atomic E-state index is -1.77. The zero-order valence-electron chi connectivity index (χ0n) is 7.39. The van der Waals surface area contributed by atoms with Gasteiger partial charge in [0.25, 0.3) is 0 Å². The maximum absolute atomic E-state index is 5.43. The Morgan fingerprint density at radius 2 is 2.00 bits per heavy atom. The zero-order chi connectivity index (χ0) is 8.91. The van der Waals surface area contributed by atoms with Crippen LogP contribution in [0.15, 0.2) is 16.4 Å². The van der Waals surface area contributed by atoms with Gasteiger partial charge in [0.15, 0.2) is 0 Å². The van der Waals surface area contributed by atoms with E-state index in [1.165, 1.54) is 5.54 Å². The van der Waals surface area contributed by atoms with Crippen molar-refractivity contribution in [2.24, 2.45) is 5.16 Å².